The summed E-state index contributed by atoms with van der Waals surface area (Å²) in [6.45, 7) is 1.39. The monoisotopic (exact) mass is 844 g/mol. The molecule has 0 rings (SSSR count). The largest absolute Gasteiger partial charge is 0.460 e. The molecule has 0 radical (unpaired) electrons. The van der Waals surface area contributed by atoms with Crippen LogP contribution in [0.2, 0.25) is 0 Å². The fourth-order valence-corrected chi connectivity index (χ4v) is 4.24. The van der Waals surface area contributed by atoms with E-state index in [-0.39, 0.29) is 45.1 Å². The van der Waals surface area contributed by atoms with Gasteiger partial charge in [-0.3, -0.25) is 9.11 Å². The van der Waals surface area contributed by atoms with E-state index in [1.54, 1.807) is 0 Å². The highest BCUT2D eigenvalue weighted by molar-refractivity contribution is 7.86. The van der Waals surface area contributed by atoms with Crippen molar-refractivity contribution in [3.05, 3.63) is 0 Å². The first-order valence-electron chi connectivity index (χ1n) is 13.8. The smallest absolute Gasteiger partial charge is 0.394 e. The first kappa shape index (κ1) is 53.8. The van der Waals surface area contributed by atoms with E-state index in [4.69, 9.17) is 19.3 Å². The molecule has 4 N–H and O–H groups in total. The Balaban J connectivity index is -0.000000796. The van der Waals surface area contributed by atoms with Crippen molar-refractivity contribution >= 4 is 20.2 Å². The van der Waals surface area contributed by atoms with Crippen molar-refractivity contribution in [2.24, 2.45) is 0 Å². The van der Waals surface area contributed by atoms with Crippen molar-refractivity contribution < 1.29 is 115 Å². The van der Waals surface area contributed by atoms with Crippen molar-refractivity contribution in [1.29, 1.82) is 0 Å². The Hall–Kier alpha value is -1.52. The molecular weight excluding hydrogens is 810 g/mol. The van der Waals surface area contributed by atoms with Crippen LogP contribution in [0.15, 0.2) is 0 Å². The molecule has 0 saturated heterocycles. The van der Waals surface area contributed by atoms with E-state index in [1.165, 1.54) is 6.92 Å². The number of unbranched alkanes of at least 4 members (excludes halogenated alkanes) is 6. The van der Waals surface area contributed by atoms with Crippen LogP contribution in [0.3, 0.4) is 0 Å². The Morgan fingerprint density at radius 1 is 0.451 bits per heavy atom. The molecule has 312 valence electrons. The van der Waals surface area contributed by atoms with Gasteiger partial charge in [0.2, 0.25) is 0 Å². The van der Waals surface area contributed by atoms with Crippen LogP contribution < -0.4 is 0 Å². The Bertz CT molecular complexity index is 1130. The van der Waals surface area contributed by atoms with Gasteiger partial charge in [-0.2, -0.15) is 95.9 Å². The summed E-state index contributed by atoms with van der Waals surface area (Å²) in [6.07, 6.45) is -21.1. The van der Waals surface area contributed by atoms with Crippen LogP contribution in [-0.4, -0.2) is 108 Å². The molecule has 8 nitrogen and oxygen atoms in total. The molecule has 0 saturated carbocycles. The van der Waals surface area contributed by atoms with Gasteiger partial charge in [-0.05, 0) is 32.6 Å². The van der Waals surface area contributed by atoms with E-state index in [1.807, 2.05) is 0 Å². The average Bonchev–Trinajstić information content (AvgIpc) is 2.90. The fourth-order valence-electron chi connectivity index (χ4n) is 3.10. The second-order valence-corrected chi connectivity index (χ2v) is 13.8. The first-order valence-corrected chi connectivity index (χ1v) is 17.0. The quantitative estimate of drug-likeness (QED) is 0.0582. The minimum atomic E-state index is -6.89. The van der Waals surface area contributed by atoms with E-state index in [2.05, 4.69) is 0 Å². The number of aliphatic hydroxyl groups excluding tert-OH is 2. The van der Waals surface area contributed by atoms with Gasteiger partial charge in [0, 0.05) is 12.8 Å². The van der Waals surface area contributed by atoms with Crippen molar-refractivity contribution in [1.82, 2.24) is 0 Å². The molecular formula is C23H34F18O8S2. The highest BCUT2D eigenvalue weighted by Crippen LogP contribution is 2.55. The maximum absolute atomic E-state index is 13.1. The van der Waals surface area contributed by atoms with Crippen molar-refractivity contribution in [3.8, 4) is 0 Å². The molecule has 0 aromatic heterocycles. The van der Waals surface area contributed by atoms with E-state index < -0.39 is 111 Å². The van der Waals surface area contributed by atoms with Gasteiger partial charge in [0.1, 0.15) is 0 Å². The number of alkyl halides is 18. The molecule has 0 spiro atoms. The van der Waals surface area contributed by atoms with Gasteiger partial charge in [-0.15, -0.1) is 0 Å². The zero-order valence-electron chi connectivity index (χ0n) is 25.8. The predicted molar refractivity (Wildman–Crippen MR) is 140 cm³/mol. The highest BCUT2D eigenvalue weighted by atomic mass is 32.2. The van der Waals surface area contributed by atoms with Crippen LogP contribution in [0, 0.1) is 0 Å². The van der Waals surface area contributed by atoms with Gasteiger partial charge < -0.3 is 10.2 Å². The predicted octanol–water partition coefficient (Wildman–Crippen LogP) is 7.95. The maximum atomic E-state index is 13.1. The Kier molecular flexibility index (Phi) is 20.8. The third-order valence-electron chi connectivity index (χ3n) is 5.97. The van der Waals surface area contributed by atoms with Crippen LogP contribution in [0.4, 0.5) is 79.0 Å². The van der Waals surface area contributed by atoms with Gasteiger partial charge in [-0.1, -0.05) is 25.7 Å². The van der Waals surface area contributed by atoms with Gasteiger partial charge in [0.25, 0.3) is 20.2 Å². The first-order chi connectivity index (χ1) is 22.2. The molecule has 0 bridgehead atoms. The van der Waals surface area contributed by atoms with E-state index >= 15 is 0 Å². The third kappa shape index (κ3) is 17.9. The lowest BCUT2D eigenvalue weighted by Gasteiger charge is -2.33. The topological polar surface area (TPSA) is 149 Å². The maximum Gasteiger partial charge on any atom is 0.460 e. The summed E-state index contributed by atoms with van der Waals surface area (Å²) < 4.78 is 283. The average molecular weight is 845 g/mol. The summed E-state index contributed by atoms with van der Waals surface area (Å²) in [4.78, 5) is 0. The molecule has 0 aliphatic carbocycles. The number of hydrogen-bond donors (Lipinski definition) is 4. The molecule has 28 heteroatoms. The molecule has 0 aromatic rings. The number of hydrogen-bond acceptors (Lipinski definition) is 6. The SMILES string of the molecule is CC(O)CO.O=S(=O)(O)CCCCCCC(F)(F)C(F)(F)C(F)(F)C(F)(F)F.O=S(=O)(O)CCCCCCC(F)(F)C(F)(F)C(F)(F)C(F)(F)F. The summed E-state index contributed by atoms with van der Waals surface area (Å²) in [5.41, 5.74) is 0. The minimum Gasteiger partial charge on any atom is -0.394 e. The van der Waals surface area contributed by atoms with Crippen molar-refractivity contribution in [2.45, 2.75) is 125 Å². The Morgan fingerprint density at radius 2 is 0.667 bits per heavy atom. The number of aliphatic hydroxyl groups is 2. The van der Waals surface area contributed by atoms with Crippen LogP contribution in [0.25, 0.3) is 0 Å². The van der Waals surface area contributed by atoms with Gasteiger partial charge in [0.15, 0.2) is 0 Å². The van der Waals surface area contributed by atoms with Gasteiger partial charge >= 0.3 is 47.9 Å². The molecule has 1 atom stereocenters. The highest BCUT2D eigenvalue weighted by Gasteiger charge is 2.82. The summed E-state index contributed by atoms with van der Waals surface area (Å²) in [6, 6.07) is 0. The van der Waals surface area contributed by atoms with Crippen LogP contribution in [0.1, 0.15) is 71.1 Å². The van der Waals surface area contributed by atoms with E-state index in [9.17, 15) is 95.9 Å². The molecule has 0 aliphatic rings. The lowest BCUT2D eigenvalue weighted by atomic mass is 9.98. The van der Waals surface area contributed by atoms with E-state index in [0.717, 1.165) is 0 Å². The normalized spacial score (nSPS) is 15.0. The second kappa shape index (κ2) is 19.7. The Morgan fingerprint density at radius 3 is 0.843 bits per heavy atom. The zero-order chi connectivity index (χ0) is 41.8. The number of rotatable bonds is 19. The van der Waals surface area contributed by atoms with Crippen molar-refractivity contribution in [2.75, 3.05) is 18.1 Å². The molecule has 0 aromatic carbocycles. The summed E-state index contributed by atoms with van der Waals surface area (Å²) in [5.74, 6) is -39.7. The fraction of sp³-hybridized carbons (Fsp3) is 1.00. The summed E-state index contributed by atoms with van der Waals surface area (Å²) >= 11 is 0. The molecule has 0 heterocycles. The molecule has 1 unspecified atom stereocenters. The third-order valence-corrected chi connectivity index (χ3v) is 7.58. The van der Waals surface area contributed by atoms with Crippen LogP contribution >= 0.6 is 0 Å². The van der Waals surface area contributed by atoms with E-state index in [0.29, 0.717) is 0 Å². The van der Waals surface area contributed by atoms with Crippen molar-refractivity contribution in [3.63, 3.8) is 0 Å². The second-order valence-electron chi connectivity index (χ2n) is 10.6. The van der Waals surface area contributed by atoms with Crippen LogP contribution in [-0.2, 0) is 20.2 Å². The van der Waals surface area contributed by atoms with Gasteiger partial charge in [0.05, 0.1) is 24.2 Å². The summed E-state index contributed by atoms with van der Waals surface area (Å²) in [7, 11) is -8.58. The molecule has 0 amide bonds. The lowest BCUT2D eigenvalue weighted by molar-refractivity contribution is -0.396. The van der Waals surface area contributed by atoms with Crippen LogP contribution in [0.5, 0.6) is 0 Å². The van der Waals surface area contributed by atoms with Gasteiger partial charge in [-0.25, -0.2) is 0 Å². The lowest BCUT2D eigenvalue weighted by Crippen LogP contribution is -2.60. The molecule has 0 aliphatic heterocycles. The minimum absolute atomic E-state index is 0.128. The number of halogens is 18. The Labute approximate surface area is 279 Å². The summed E-state index contributed by atoms with van der Waals surface area (Å²) in [5, 5.41) is 16.0. The zero-order valence-corrected chi connectivity index (χ0v) is 27.4. The standard InChI is InChI=1S/2C10H13F9O3S.C3H8O2/c2*11-7(12,5-3-1-2-4-6-23(20,21)22)8(13,14)9(15,16)10(17,18)19;1-3(5)2-4/h2*1-6H2,(H,20,21,22);3-5H,2H2,1H3. The molecule has 0 fully saturated rings. The molecule has 51 heavy (non-hydrogen) atoms.